The highest BCUT2D eigenvalue weighted by Gasteiger charge is 2.27. The smallest absolute Gasteiger partial charge is 0.279 e. The Morgan fingerprint density at radius 1 is 1.24 bits per heavy atom. The van der Waals surface area contributed by atoms with Gasteiger partial charge in [0.05, 0.1) is 18.9 Å². The number of aromatic nitrogens is 3. The number of rotatable bonds is 8. The molecule has 3 heterocycles. The van der Waals surface area contributed by atoms with Crippen molar-refractivity contribution in [3.8, 4) is 5.75 Å². The summed E-state index contributed by atoms with van der Waals surface area (Å²) in [6.07, 6.45) is 3.18. The van der Waals surface area contributed by atoms with Crippen LogP contribution < -0.4 is 15.6 Å². The van der Waals surface area contributed by atoms with Crippen LogP contribution in [0.3, 0.4) is 0 Å². The van der Waals surface area contributed by atoms with Crippen LogP contribution in [0.4, 0.5) is 0 Å². The van der Waals surface area contributed by atoms with Crippen LogP contribution in [0.25, 0.3) is 5.65 Å². The summed E-state index contributed by atoms with van der Waals surface area (Å²) in [5, 5.41) is 7.29. The van der Waals surface area contributed by atoms with E-state index in [1.807, 2.05) is 19.1 Å². The summed E-state index contributed by atoms with van der Waals surface area (Å²) in [6.45, 7) is 9.74. The number of fused-ring (bicyclic) bond motifs is 2. The number of ether oxygens (including phenoxy) is 1. The van der Waals surface area contributed by atoms with Crippen molar-refractivity contribution >= 4 is 11.6 Å². The first-order chi connectivity index (χ1) is 15.9. The van der Waals surface area contributed by atoms with Crippen molar-refractivity contribution in [2.45, 2.75) is 53.2 Å². The summed E-state index contributed by atoms with van der Waals surface area (Å²) < 4.78 is 8.73. The van der Waals surface area contributed by atoms with Crippen LogP contribution in [0.15, 0.2) is 35.3 Å². The molecular weight excluding hydrogens is 418 g/mol. The highest BCUT2D eigenvalue weighted by Crippen LogP contribution is 2.22. The van der Waals surface area contributed by atoms with Crippen LogP contribution in [-0.4, -0.2) is 45.2 Å². The predicted molar refractivity (Wildman–Crippen MR) is 128 cm³/mol. The van der Waals surface area contributed by atoms with Gasteiger partial charge in [-0.25, -0.2) is 0 Å². The summed E-state index contributed by atoms with van der Waals surface area (Å²) in [5.74, 6) is 1.17. The Labute approximate surface area is 194 Å². The van der Waals surface area contributed by atoms with Crippen LogP contribution in [0.5, 0.6) is 5.75 Å². The van der Waals surface area contributed by atoms with Crippen molar-refractivity contribution in [2.75, 3.05) is 20.2 Å². The number of carbonyl (C=O) groups is 1. The summed E-state index contributed by atoms with van der Waals surface area (Å²) in [5.41, 5.74) is 3.87. The number of aryl methyl sites for hydroxylation is 1. The molecule has 0 saturated carbocycles. The number of carbonyl (C=O) groups excluding carboxylic acids is 1. The minimum atomic E-state index is -0.177. The molecular formula is C25H33N5O3. The SMILES string of the molecule is CCn1c2c(c(=O)n3ncc(C(=O)NCCC(C)C)c13)CN(Cc1ccc(OC)cc1)CC2. The summed E-state index contributed by atoms with van der Waals surface area (Å²) in [7, 11) is 1.66. The first kappa shape index (κ1) is 23.0. The molecule has 2 aromatic heterocycles. The number of nitrogens with one attached hydrogen (secondary N) is 1. The number of benzene rings is 1. The van der Waals surface area contributed by atoms with E-state index >= 15 is 0 Å². The van der Waals surface area contributed by atoms with Gasteiger partial charge in [-0.05, 0) is 37.0 Å². The molecule has 33 heavy (non-hydrogen) atoms. The highest BCUT2D eigenvalue weighted by atomic mass is 16.5. The molecule has 0 spiro atoms. The molecule has 1 N–H and O–H groups in total. The lowest BCUT2D eigenvalue weighted by Crippen LogP contribution is -2.38. The van der Waals surface area contributed by atoms with Gasteiger partial charge in [0.15, 0.2) is 5.65 Å². The number of methoxy groups -OCH3 is 1. The lowest BCUT2D eigenvalue weighted by molar-refractivity contribution is 0.0953. The van der Waals surface area contributed by atoms with E-state index in [-0.39, 0.29) is 11.5 Å². The fourth-order valence-electron chi connectivity index (χ4n) is 4.50. The summed E-state index contributed by atoms with van der Waals surface area (Å²) in [4.78, 5) is 28.5. The molecule has 0 saturated heterocycles. The van der Waals surface area contributed by atoms with Gasteiger partial charge in [0, 0.05) is 44.8 Å². The minimum Gasteiger partial charge on any atom is -0.497 e. The van der Waals surface area contributed by atoms with E-state index < -0.39 is 0 Å². The minimum absolute atomic E-state index is 0.134. The van der Waals surface area contributed by atoms with Crippen molar-refractivity contribution in [2.24, 2.45) is 5.92 Å². The number of hydrogen-bond acceptors (Lipinski definition) is 5. The van der Waals surface area contributed by atoms with Gasteiger partial charge in [-0.1, -0.05) is 26.0 Å². The molecule has 1 aliphatic rings. The van der Waals surface area contributed by atoms with E-state index in [0.29, 0.717) is 36.8 Å². The van der Waals surface area contributed by atoms with Crippen LogP contribution >= 0.6 is 0 Å². The average molecular weight is 452 g/mol. The Morgan fingerprint density at radius 3 is 2.67 bits per heavy atom. The van der Waals surface area contributed by atoms with Crippen molar-refractivity contribution < 1.29 is 9.53 Å². The molecule has 8 heteroatoms. The fourth-order valence-corrected chi connectivity index (χ4v) is 4.50. The zero-order valence-electron chi connectivity index (χ0n) is 19.9. The number of nitrogens with zero attached hydrogens (tertiary/aromatic N) is 4. The third kappa shape index (κ3) is 4.66. The largest absolute Gasteiger partial charge is 0.497 e. The van der Waals surface area contributed by atoms with Crippen molar-refractivity contribution in [3.63, 3.8) is 0 Å². The zero-order chi connectivity index (χ0) is 23.5. The fraction of sp³-hybridized carbons (Fsp3) is 0.480. The van der Waals surface area contributed by atoms with Gasteiger partial charge in [0.25, 0.3) is 11.5 Å². The van der Waals surface area contributed by atoms with E-state index in [4.69, 9.17) is 4.74 Å². The molecule has 8 nitrogen and oxygen atoms in total. The average Bonchev–Trinajstić information content (AvgIpc) is 3.25. The van der Waals surface area contributed by atoms with E-state index in [9.17, 15) is 9.59 Å². The molecule has 4 rings (SSSR count). The van der Waals surface area contributed by atoms with Crippen LogP contribution in [0.2, 0.25) is 0 Å². The second-order valence-corrected chi connectivity index (χ2v) is 9.02. The van der Waals surface area contributed by atoms with E-state index in [1.165, 1.54) is 16.3 Å². The number of hydrogen-bond donors (Lipinski definition) is 1. The zero-order valence-corrected chi connectivity index (χ0v) is 19.9. The van der Waals surface area contributed by atoms with E-state index in [2.05, 4.69) is 45.9 Å². The molecule has 0 radical (unpaired) electrons. The maximum Gasteiger partial charge on any atom is 0.279 e. The maximum atomic E-state index is 13.4. The van der Waals surface area contributed by atoms with Crippen LogP contribution in [0, 0.1) is 5.92 Å². The quantitative estimate of drug-likeness (QED) is 0.570. The summed E-state index contributed by atoms with van der Waals surface area (Å²) in [6, 6.07) is 8.02. The number of amides is 1. The molecule has 1 aromatic carbocycles. The van der Waals surface area contributed by atoms with Gasteiger partial charge < -0.3 is 14.6 Å². The van der Waals surface area contributed by atoms with Crippen LogP contribution in [0.1, 0.15) is 54.4 Å². The highest BCUT2D eigenvalue weighted by molar-refractivity contribution is 5.99. The van der Waals surface area contributed by atoms with Gasteiger partial charge in [-0.15, -0.1) is 0 Å². The van der Waals surface area contributed by atoms with Crippen LogP contribution in [-0.2, 0) is 26.1 Å². The van der Waals surface area contributed by atoms with E-state index in [0.717, 1.165) is 42.9 Å². The van der Waals surface area contributed by atoms with Crippen molar-refractivity contribution in [3.05, 3.63) is 63.2 Å². The normalized spacial score (nSPS) is 14.0. The van der Waals surface area contributed by atoms with Crippen molar-refractivity contribution in [1.82, 2.24) is 24.4 Å². The van der Waals surface area contributed by atoms with Gasteiger partial charge in [-0.3, -0.25) is 14.5 Å². The third-order valence-corrected chi connectivity index (χ3v) is 6.30. The van der Waals surface area contributed by atoms with Gasteiger partial charge in [0.2, 0.25) is 0 Å². The maximum absolute atomic E-state index is 13.4. The Kier molecular flexibility index (Phi) is 6.83. The summed E-state index contributed by atoms with van der Waals surface area (Å²) >= 11 is 0. The van der Waals surface area contributed by atoms with E-state index in [1.54, 1.807) is 7.11 Å². The lowest BCUT2D eigenvalue weighted by atomic mass is 10.0. The first-order valence-corrected chi connectivity index (χ1v) is 11.7. The van der Waals surface area contributed by atoms with Gasteiger partial charge in [0.1, 0.15) is 11.3 Å². The molecule has 0 fully saturated rings. The molecule has 0 unspecified atom stereocenters. The Bertz CT molecular complexity index is 1190. The third-order valence-electron chi connectivity index (χ3n) is 6.30. The molecule has 0 atom stereocenters. The second-order valence-electron chi connectivity index (χ2n) is 9.02. The molecule has 1 amide bonds. The van der Waals surface area contributed by atoms with Gasteiger partial charge >= 0.3 is 0 Å². The Hall–Kier alpha value is -3.13. The molecule has 176 valence electrons. The second kappa shape index (κ2) is 9.79. The Morgan fingerprint density at radius 2 is 2.00 bits per heavy atom. The van der Waals surface area contributed by atoms with Gasteiger partial charge in [-0.2, -0.15) is 9.61 Å². The molecule has 0 bridgehead atoms. The Balaban J connectivity index is 1.62. The standard InChI is InChI=1S/C25H33N5O3/c1-5-29-22-11-13-28(15-18-6-8-19(33-4)9-7-18)16-21(22)25(32)30-24(29)20(14-27-30)23(31)26-12-10-17(2)3/h6-9,14,17H,5,10-13,15-16H2,1-4H3,(H,26,31). The molecule has 3 aromatic rings. The molecule has 1 aliphatic heterocycles. The monoisotopic (exact) mass is 451 g/mol. The topological polar surface area (TPSA) is 80.9 Å². The molecule has 0 aliphatic carbocycles. The first-order valence-electron chi connectivity index (χ1n) is 11.7. The predicted octanol–water partition coefficient (Wildman–Crippen LogP) is 2.86. The van der Waals surface area contributed by atoms with Crippen molar-refractivity contribution in [1.29, 1.82) is 0 Å². The lowest BCUT2D eigenvalue weighted by Gasteiger charge is -2.30.